The highest BCUT2D eigenvalue weighted by Gasteiger charge is 2.27. The molecule has 0 aromatic heterocycles. The fourth-order valence-corrected chi connectivity index (χ4v) is 1.29. The van der Waals surface area contributed by atoms with E-state index >= 15 is 0 Å². The Morgan fingerprint density at radius 1 is 1.17 bits per heavy atom. The first-order valence-corrected chi connectivity index (χ1v) is 3.51. The molecule has 1 radical (unpaired) electrons. The molecule has 1 aliphatic rings. The van der Waals surface area contributed by atoms with Crippen LogP contribution < -0.4 is 5.32 Å². The Hall–Kier alpha value is -1.64. The van der Waals surface area contributed by atoms with E-state index in [1.54, 1.807) is 18.2 Å². The number of amides is 2. The molecule has 0 atom stereocenters. The van der Waals surface area contributed by atoms with Gasteiger partial charge in [0.25, 0.3) is 11.8 Å². The zero-order valence-electron chi connectivity index (χ0n) is 6.26. The Morgan fingerprint density at radius 2 is 1.92 bits per heavy atom. The van der Waals surface area contributed by atoms with Crippen LogP contribution in [0.4, 0.5) is 0 Å². The van der Waals surface area contributed by atoms with Gasteiger partial charge in [0.1, 0.15) is 0 Å². The summed E-state index contributed by atoms with van der Waals surface area (Å²) in [5.74, 6) is -0.680. The Morgan fingerprint density at radius 3 is 2.58 bits per heavy atom. The summed E-state index contributed by atoms with van der Waals surface area (Å²) in [7, 11) is 0. The maximum atomic E-state index is 11.1. The fourth-order valence-electron chi connectivity index (χ4n) is 1.29. The summed E-state index contributed by atoms with van der Waals surface area (Å²) in [5, 5.41) is 2.21. The molecular formula is C9H6NO2. The molecule has 1 aliphatic heterocycles. The van der Waals surface area contributed by atoms with Crippen LogP contribution in [0.1, 0.15) is 26.3 Å². The smallest absolute Gasteiger partial charge is 0.259 e. The summed E-state index contributed by atoms with van der Waals surface area (Å²) in [4.78, 5) is 22.2. The highest BCUT2D eigenvalue weighted by molar-refractivity contribution is 6.22. The molecule has 2 amide bonds. The van der Waals surface area contributed by atoms with Crippen molar-refractivity contribution < 1.29 is 9.59 Å². The largest absolute Gasteiger partial charge is 0.288 e. The molecule has 1 heterocycles. The lowest BCUT2D eigenvalue weighted by Gasteiger charge is -1.96. The third-order valence-electron chi connectivity index (χ3n) is 1.85. The van der Waals surface area contributed by atoms with Gasteiger partial charge in [-0.3, -0.25) is 14.9 Å². The second kappa shape index (κ2) is 2.17. The van der Waals surface area contributed by atoms with Crippen LogP contribution in [-0.2, 0) is 0 Å². The van der Waals surface area contributed by atoms with Crippen molar-refractivity contribution in [2.45, 2.75) is 0 Å². The summed E-state index contributed by atoms with van der Waals surface area (Å²) in [6.45, 7) is 3.66. The van der Waals surface area contributed by atoms with Crippen LogP contribution in [-0.4, -0.2) is 11.8 Å². The molecule has 0 saturated heterocycles. The monoisotopic (exact) mass is 160 g/mol. The lowest BCUT2D eigenvalue weighted by atomic mass is 10.0. The number of rotatable bonds is 0. The van der Waals surface area contributed by atoms with Gasteiger partial charge in [-0.2, -0.15) is 0 Å². The predicted octanol–water partition coefficient (Wildman–Crippen LogP) is 0.752. The molecule has 0 bridgehead atoms. The fraction of sp³-hybridized carbons (Fsp3) is 0. The van der Waals surface area contributed by atoms with E-state index in [0.717, 1.165) is 0 Å². The number of carbonyl (C=O) groups is 2. The van der Waals surface area contributed by atoms with Crippen LogP contribution >= 0.6 is 0 Å². The maximum absolute atomic E-state index is 11.1. The number of fused-ring (bicyclic) bond motifs is 1. The van der Waals surface area contributed by atoms with Gasteiger partial charge in [-0.25, -0.2) is 0 Å². The van der Waals surface area contributed by atoms with Crippen molar-refractivity contribution in [3.8, 4) is 0 Å². The van der Waals surface area contributed by atoms with E-state index in [4.69, 9.17) is 0 Å². The molecule has 3 nitrogen and oxygen atoms in total. The van der Waals surface area contributed by atoms with E-state index in [1.165, 1.54) is 0 Å². The standard InChI is InChI=1S/C9H6NO2/c1-5-3-2-4-6-7(5)9(12)10-8(6)11/h2-4H,1H2,(H,10,11,12). The van der Waals surface area contributed by atoms with Crippen LogP contribution in [0.2, 0.25) is 0 Å². The van der Waals surface area contributed by atoms with Crippen LogP contribution in [0.15, 0.2) is 18.2 Å². The molecule has 1 aromatic rings. The molecule has 12 heavy (non-hydrogen) atoms. The van der Waals surface area contributed by atoms with E-state index in [-0.39, 0.29) is 11.8 Å². The van der Waals surface area contributed by atoms with E-state index < -0.39 is 0 Å². The number of hydrogen-bond acceptors (Lipinski definition) is 2. The first-order valence-electron chi connectivity index (χ1n) is 3.51. The van der Waals surface area contributed by atoms with Gasteiger partial charge in [0.2, 0.25) is 0 Å². The van der Waals surface area contributed by atoms with E-state index in [9.17, 15) is 9.59 Å². The van der Waals surface area contributed by atoms with E-state index in [1.807, 2.05) is 0 Å². The molecular weight excluding hydrogens is 154 g/mol. The number of imide groups is 1. The molecule has 2 rings (SSSR count). The van der Waals surface area contributed by atoms with Gasteiger partial charge in [-0.05, 0) is 18.6 Å². The van der Waals surface area contributed by atoms with Gasteiger partial charge in [0.15, 0.2) is 0 Å². The van der Waals surface area contributed by atoms with Crippen molar-refractivity contribution in [2.75, 3.05) is 0 Å². The summed E-state index contributed by atoms with van der Waals surface area (Å²) >= 11 is 0. The van der Waals surface area contributed by atoms with Crippen LogP contribution in [0.3, 0.4) is 0 Å². The lowest BCUT2D eigenvalue weighted by molar-refractivity contribution is 0.0879. The third kappa shape index (κ3) is 0.763. The normalized spacial score (nSPS) is 14.4. The number of benzene rings is 1. The van der Waals surface area contributed by atoms with Crippen molar-refractivity contribution in [1.82, 2.24) is 5.32 Å². The van der Waals surface area contributed by atoms with E-state index in [0.29, 0.717) is 16.7 Å². The average Bonchev–Trinajstić information content (AvgIpc) is 2.29. The van der Waals surface area contributed by atoms with Crippen LogP contribution in [0.5, 0.6) is 0 Å². The minimum Gasteiger partial charge on any atom is -0.288 e. The molecule has 3 heteroatoms. The molecule has 0 fully saturated rings. The Labute approximate surface area is 69.4 Å². The Balaban J connectivity index is 2.75. The van der Waals surface area contributed by atoms with Crippen molar-refractivity contribution in [2.24, 2.45) is 0 Å². The number of carbonyl (C=O) groups excluding carboxylic acids is 2. The SMILES string of the molecule is [CH2]c1cccc2c1C(=O)NC2=O. The topological polar surface area (TPSA) is 46.2 Å². The highest BCUT2D eigenvalue weighted by atomic mass is 16.2. The van der Waals surface area contributed by atoms with Crippen molar-refractivity contribution in [3.05, 3.63) is 41.8 Å². The Kier molecular flexibility index (Phi) is 1.27. The van der Waals surface area contributed by atoms with Crippen molar-refractivity contribution >= 4 is 11.8 Å². The summed E-state index contributed by atoms with van der Waals surface area (Å²) in [5.41, 5.74) is 1.42. The van der Waals surface area contributed by atoms with Crippen LogP contribution in [0.25, 0.3) is 0 Å². The van der Waals surface area contributed by atoms with Gasteiger partial charge in [0, 0.05) is 0 Å². The van der Waals surface area contributed by atoms with Gasteiger partial charge in [-0.1, -0.05) is 12.1 Å². The van der Waals surface area contributed by atoms with Crippen molar-refractivity contribution in [1.29, 1.82) is 0 Å². The van der Waals surface area contributed by atoms with Gasteiger partial charge in [0.05, 0.1) is 11.1 Å². The van der Waals surface area contributed by atoms with Gasteiger partial charge < -0.3 is 0 Å². The average molecular weight is 160 g/mol. The zero-order chi connectivity index (χ0) is 8.72. The first kappa shape index (κ1) is 7.03. The Bertz CT molecular complexity index is 382. The summed E-state index contributed by atoms with van der Waals surface area (Å²) < 4.78 is 0. The molecule has 1 N–H and O–H groups in total. The zero-order valence-corrected chi connectivity index (χ0v) is 6.26. The summed E-state index contributed by atoms with van der Waals surface area (Å²) in [6.07, 6.45) is 0. The lowest BCUT2D eigenvalue weighted by Crippen LogP contribution is -2.20. The molecule has 0 saturated carbocycles. The molecule has 0 spiro atoms. The summed E-state index contributed by atoms with van der Waals surface area (Å²) in [6, 6.07) is 5.03. The molecule has 0 unspecified atom stereocenters. The quantitative estimate of drug-likeness (QED) is 0.569. The first-order chi connectivity index (χ1) is 5.70. The third-order valence-corrected chi connectivity index (χ3v) is 1.85. The highest BCUT2D eigenvalue weighted by Crippen LogP contribution is 2.18. The minimum atomic E-state index is -0.347. The number of hydrogen-bond donors (Lipinski definition) is 1. The molecule has 0 aliphatic carbocycles. The second-order valence-corrected chi connectivity index (χ2v) is 2.62. The number of nitrogens with one attached hydrogen (secondary N) is 1. The van der Waals surface area contributed by atoms with E-state index in [2.05, 4.69) is 12.2 Å². The molecule has 1 aromatic carbocycles. The van der Waals surface area contributed by atoms with Gasteiger partial charge in [-0.15, -0.1) is 0 Å². The van der Waals surface area contributed by atoms with Gasteiger partial charge >= 0.3 is 0 Å². The predicted molar refractivity (Wildman–Crippen MR) is 42.7 cm³/mol. The van der Waals surface area contributed by atoms with Crippen LogP contribution in [0, 0.1) is 6.92 Å². The molecule has 59 valence electrons. The second-order valence-electron chi connectivity index (χ2n) is 2.62. The maximum Gasteiger partial charge on any atom is 0.259 e. The van der Waals surface area contributed by atoms with Crippen molar-refractivity contribution in [3.63, 3.8) is 0 Å². The minimum absolute atomic E-state index is 0.333.